The van der Waals surface area contributed by atoms with E-state index in [0.717, 1.165) is 23.7 Å². The van der Waals surface area contributed by atoms with Gasteiger partial charge in [-0.1, -0.05) is 0 Å². The number of anilines is 2. The van der Waals surface area contributed by atoms with Crippen molar-refractivity contribution in [2.75, 3.05) is 23.8 Å². The van der Waals surface area contributed by atoms with Crippen LogP contribution in [-0.2, 0) is 11.3 Å². The van der Waals surface area contributed by atoms with Crippen molar-refractivity contribution in [1.29, 1.82) is 0 Å². The average Bonchev–Trinajstić information content (AvgIpc) is 2.43. The number of nitrogens with one attached hydrogen (secondary N) is 1. The lowest BCUT2D eigenvalue weighted by Crippen LogP contribution is -2.36. The van der Waals surface area contributed by atoms with Gasteiger partial charge in [-0.3, -0.25) is 4.79 Å². The first kappa shape index (κ1) is 9.05. The molecular weight excluding hydrogens is 180 g/mol. The molecule has 0 aliphatic carbocycles. The van der Waals surface area contributed by atoms with Crippen molar-refractivity contribution in [3.8, 4) is 0 Å². The lowest BCUT2D eigenvalue weighted by atomic mass is 10.3. The summed E-state index contributed by atoms with van der Waals surface area (Å²) in [6.45, 7) is 5.16. The van der Waals surface area contributed by atoms with Gasteiger partial charge in [0.25, 0.3) is 0 Å². The largest absolute Gasteiger partial charge is 0.349 e. The highest BCUT2D eigenvalue weighted by Crippen LogP contribution is 2.31. The van der Waals surface area contributed by atoms with Gasteiger partial charge >= 0.3 is 0 Å². The molecule has 1 aliphatic rings. The number of nitrogens with zero attached hydrogens (tertiary/aromatic N) is 3. The van der Waals surface area contributed by atoms with Gasteiger partial charge in [0.2, 0.25) is 5.91 Å². The van der Waals surface area contributed by atoms with Crippen LogP contribution in [0.1, 0.15) is 12.6 Å². The highest BCUT2D eigenvalue weighted by molar-refractivity contribution is 6.00. The predicted molar refractivity (Wildman–Crippen MR) is 54.5 cm³/mol. The number of fused-ring (bicyclic) bond motifs is 1. The molecule has 1 aromatic rings. The van der Waals surface area contributed by atoms with Crippen LogP contribution in [0.5, 0.6) is 0 Å². The molecular formula is C9H14N4O. The van der Waals surface area contributed by atoms with Crippen LogP contribution in [0.3, 0.4) is 0 Å². The molecule has 1 amide bonds. The molecule has 0 saturated carbocycles. The van der Waals surface area contributed by atoms with Crippen LogP contribution in [0.15, 0.2) is 0 Å². The van der Waals surface area contributed by atoms with Crippen molar-refractivity contribution in [3.05, 3.63) is 5.69 Å². The maximum Gasteiger partial charge on any atom is 0.244 e. The highest BCUT2D eigenvalue weighted by Gasteiger charge is 2.25. The van der Waals surface area contributed by atoms with Gasteiger partial charge in [0.1, 0.15) is 5.69 Å². The Bertz CT molecular complexity index is 382. The zero-order valence-electron chi connectivity index (χ0n) is 8.66. The summed E-state index contributed by atoms with van der Waals surface area (Å²) in [5.74, 6) is 1.03. The molecule has 0 radical (unpaired) electrons. The summed E-state index contributed by atoms with van der Waals surface area (Å²) in [7, 11) is 1.91. The quantitative estimate of drug-likeness (QED) is 0.712. The number of aromatic nitrogens is 2. The Morgan fingerprint density at radius 1 is 1.57 bits per heavy atom. The summed E-state index contributed by atoms with van der Waals surface area (Å²) in [5.41, 5.74) is 1.73. The van der Waals surface area contributed by atoms with Gasteiger partial charge in [-0.25, -0.2) is 4.68 Å². The lowest BCUT2D eigenvalue weighted by Gasteiger charge is -2.25. The fourth-order valence-corrected chi connectivity index (χ4v) is 1.79. The molecule has 0 saturated heterocycles. The van der Waals surface area contributed by atoms with E-state index < -0.39 is 0 Å². The number of hydrogen-bond acceptors (Lipinski definition) is 3. The summed E-state index contributed by atoms with van der Waals surface area (Å²) < 4.78 is 1.91. The Labute approximate surface area is 82.7 Å². The van der Waals surface area contributed by atoms with E-state index in [9.17, 15) is 4.79 Å². The summed E-state index contributed by atoms with van der Waals surface area (Å²) in [6.07, 6.45) is 0. The first-order chi connectivity index (χ1) is 6.63. The van der Waals surface area contributed by atoms with Crippen LogP contribution in [0.2, 0.25) is 0 Å². The number of carbonyl (C=O) groups is 1. The summed E-state index contributed by atoms with van der Waals surface area (Å²) in [5, 5.41) is 7.21. The summed E-state index contributed by atoms with van der Waals surface area (Å²) in [4.78, 5) is 13.2. The van der Waals surface area contributed by atoms with Crippen LogP contribution in [-0.4, -0.2) is 29.3 Å². The fraction of sp³-hybridized carbons (Fsp3) is 0.556. The van der Waals surface area contributed by atoms with Gasteiger partial charge in [0, 0.05) is 13.6 Å². The van der Waals surface area contributed by atoms with Crippen LogP contribution >= 0.6 is 0 Å². The van der Waals surface area contributed by atoms with Gasteiger partial charge in [-0.05, 0) is 13.8 Å². The first-order valence-corrected chi connectivity index (χ1v) is 4.72. The van der Waals surface area contributed by atoms with E-state index >= 15 is 0 Å². The molecule has 5 nitrogen and oxygen atoms in total. The van der Waals surface area contributed by atoms with Gasteiger partial charge in [0.05, 0.1) is 12.2 Å². The summed E-state index contributed by atoms with van der Waals surface area (Å²) >= 11 is 0. The SMILES string of the molecule is CCn1nc(C)c2c1N(C)CC(=O)N2. The highest BCUT2D eigenvalue weighted by atomic mass is 16.2. The molecule has 2 rings (SSSR count). The van der Waals surface area contributed by atoms with Crippen molar-refractivity contribution < 1.29 is 4.79 Å². The number of likely N-dealkylation sites (N-methyl/N-ethyl adjacent to an activating group) is 1. The molecule has 2 heterocycles. The maximum atomic E-state index is 11.3. The van der Waals surface area contributed by atoms with Crippen LogP contribution in [0, 0.1) is 6.92 Å². The zero-order valence-corrected chi connectivity index (χ0v) is 8.66. The molecule has 1 aromatic heterocycles. The second kappa shape index (κ2) is 3.01. The zero-order chi connectivity index (χ0) is 10.3. The van der Waals surface area contributed by atoms with E-state index in [0.29, 0.717) is 6.54 Å². The maximum absolute atomic E-state index is 11.3. The van der Waals surface area contributed by atoms with E-state index in [-0.39, 0.29) is 5.91 Å². The molecule has 1 N–H and O–H groups in total. The van der Waals surface area contributed by atoms with Crippen molar-refractivity contribution in [2.45, 2.75) is 20.4 Å². The Morgan fingerprint density at radius 2 is 2.29 bits per heavy atom. The number of aryl methyl sites for hydroxylation is 2. The minimum Gasteiger partial charge on any atom is -0.349 e. The van der Waals surface area contributed by atoms with Gasteiger partial charge in [-0.2, -0.15) is 5.10 Å². The number of amides is 1. The monoisotopic (exact) mass is 194 g/mol. The minimum atomic E-state index is 0.0266. The van der Waals surface area contributed by atoms with Crippen molar-refractivity contribution in [2.24, 2.45) is 0 Å². The average molecular weight is 194 g/mol. The molecule has 76 valence electrons. The number of rotatable bonds is 1. The van der Waals surface area contributed by atoms with Crippen molar-refractivity contribution in [1.82, 2.24) is 9.78 Å². The van der Waals surface area contributed by atoms with Gasteiger partial charge < -0.3 is 10.2 Å². The lowest BCUT2D eigenvalue weighted by molar-refractivity contribution is -0.115. The van der Waals surface area contributed by atoms with Crippen LogP contribution < -0.4 is 10.2 Å². The Balaban J connectivity index is 2.54. The molecule has 0 unspecified atom stereocenters. The molecule has 14 heavy (non-hydrogen) atoms. The molecule has 0 spiro atoms. The first-order valence-electron chi connectivity index (χ1n) is 4.72. The van der Waals surface area contributed by atoms with E-state index in [1.807, 2.05) is 30.5 Å². The predicted octanol–water partition coefficient (Wildman–Crippen LogP) is 0.600. The molecule has 0 aromatic carbocycles. The Morgan fingerprint density at radius 3 is 2.93 bits per heavy atom. The number of hydrogen-bond donors (Lipinski definition) is 1. The topological polar surface area (TPSA) is 50.2 Å². The third kappa shape index (κ3) is 1.16. The van der Waals surface area contributed by atoms with Crippen LogP contribution in [0.25, 0.3) is 0 Å². The van der Waals surface area contributed by atoms with Crippen molar-refractivity contribution in [3.63, 3.8) is 0 Å². The van der Waals surface area contributed by atoms with Gasteiger partial charge in [-0.15, -0.1) is 0 Å². The molecule has 1 aliphatic heterocycles. The Hall–Kier alpha value is -1.52. The second-order valence-corrected chi connectivity index (χ2v) is 3.50. The molecule has 5 heteroatoms. The molecule has 0 fully saturated rings. The van der Waals surface area contributed by atoms with E-state index in [1.165, 1.54) is 0 Å². The standard InChI is InChI=1S/C9H14N4O/c1-4-13-9-8(6(2)11-13)10-7(14)5-12(9)3/h4-5H2,1-3H3,(H,10,14). The smallest absolute Gasteiger partial charge is 0.244 e. The molecule has 0 atom stereocenters. The minimum absolute atomic E-state index is 0.0266. The van der Waals surface area contributed by atoms with E-state index in [1.54, 1.807) is 0 Å². The Kier molecular flexibility index (Phi) is 1.94. The molecule has 0 bridgehead atoms. The van der Waals surface area contributed by atoms with Crippen molar-refractivity contribution >= 4 is 17.4 Å². The van der Waals surface area contributed by atoms with Gasteiger partial charge in [0.15, 0.2) is 5.82 Å². The number of carbonyl (C=O) groups excluding carboxylic acids is 1. The third-order valence-electron chi connectivity index (χ3n) is 2.41. The summed E-state index contributed by atoms with van der Waals surface area (Å²) in [6, 6.07) is 0. The second-order valence-electron chi connectivity index (χ2n) is 3.50. The normalized spacial score (nSPS) is 15.4. The van der Waals surface area contributed by atoms with E-state index in [2.05, 4.69) is 10.4 Å². The van der Waals surface area contributed by atoms with Crippen LogP contribution in [0.4, 0.5) is 11.5 Å². The van der Waals surface area contributed by atoms with E-state index in [4.69, 9.17) is 0 Å². The third-order valence-corrected chi connectivity index (χ3v) is 2.41. The fourth-order valence-electron chi connectivity index (χ4n) is 1.79.